The fourth-order valence-electron chi connectivity index (χ4n) is 0.642. The molecule has 0 N–H and O–H groups in total. The van der Waals surface area contributed by atoms with Crippen LogP contribution in [-0.2, 0) is 0 Å². The summed E-state index contributed by atoms with van der Waals surface area (Å²) < 4.78 is 6.75. The Morgan fingerprint density at radius 2 is 2.08 bits per heavy atom. The van der Waals surface area contributed by atoms with Crippen molar-refractivity contribution in [2.75, 3.05) is 0 Å². The standard InChI is InChI=1S/C7H3Br2ClOS/c8-4-1-2-5(9)6(3-4)11-7(10)12/h1-3H. The molecule has 64 valence electrons. The van der Waals surface area contributed by atoms with Gasteiger partial charge in [-0.05, 0) is 57.9 Å². The fourth-order valence-corrected chi connectivity index (χ4v) is 1.48. The maximum atomic E-state index is 5.41. The van der Waals surface area contributed by atoms with Crippen LogP contribution in [0.5, 0.6) is 5.75 Å². The van der Waals surface area contributed by atoms with Gasteiger partial charge in [-0.1, -0.05) is 15.9 Å². The number of halogens is 3. The van der Waals surface area contributed by atoms with Crippen molar-refractivity contribution in [1.82, 2.24) is 0 Å². The quantitative estimate of drug-likeness (QED) is 0.566. The Kier molecular flexibility index (Phi) is 3.96. The van der Waals surface area contributed by atoms with Crippen molar-refractivity contribution < 1.29 is 4.74 Å². The van der Waals surface area contributed by atoms with Crippen molar-refractivity contribution >= 4 is 60.2 Å². The number of benzene rings is 1. The first-order valence-electron chi connectivity index (χ1n) is 2.92. The minimum absolute atomic E-state index is 0.0196. The molecule has 0 unspecified atom stereocenters. The van der Waals surface area contributed by atoms with Gasteiger partial charge in [-0.2, -0.15) is 0 Å². The third-order valence-electron chi connectivity index (χ3n) is 1.08. The molecule has 0 heterocycles. The third kappa shape index (κ3) is 3.01. The van der Waals surface area contributed by atoms with E-state index in [-0.39, 0.29) is 4.51 Å². The molecule has 1 nitrogen and oxygen atoms in total. The van der Waals surface area contributed by atoms with Crippen molar-refractivity contribution in [2.24, 2.45) is 0 Å². The van der Waals surface area contributed by atoms with Crippen LogP contribution < -0.4 is 4.74 Å². The van der Waals surface area contributed by atoms with Crippen molar-refractivity contribution in [3.63, 3.8) is 0 Å². The zero-order chi connectivity index (χ0) is 9.14. The summed E-state index contributed by atoms with van der Waals surface area (Å²) in [5, 5.41) is 0. The van der Waals surface area contributed by atoms with Gasteiger partial charge in [-0.3, -0.25) is 0 Å². The molecule has 0 radical (unpaired) electrons. The maximum absolute atomic E-state index is 5.41. The van der Waals surface area contributed by atoms with E-state index in [0.29, 0.717) is 5.75 Å². The molecule has 0 aliphatic heterocycles. The highest BCUT2D eigenvalue weighted by Gasteiger charge is 2.02. The molecule has 1 rings (SSSR count). The molecule has 1 aromatic carbocycles. The van der Waals surface area contributed by atoms with E-state index in [4.69, 9.17) is 16.3 Å². The monoisotopic (exact) mass is 328 g/mol. The van der Waals surface area contributed by atoms with Crippen molar-refractivity contribution in [2.45, 2.75) is 0 Å². The first-order chi connectivity index (χ1) is 5.59. The van der Waals surface area contributed by atoms with Crippen molar-refractivity contribution in [3.8, 4) is 5.75 Å². The summed E-state index contributed by atoms with van der Waals surface area (Å²) >= 11 is 16.6. The van der Waals surface area contributed by atoms with Crippen LogP contribution in [0.3, 0.4) is 0 Å². The number of ether oxygens (including phenoxy) is 1. The van der Waals surface area contributed by atoms with Crippen molar-refractivity contribution in [1.29, 1.82) is 0 Å². The van der Waals surface area contributed by atoms with E-state index < -0.39 is 0 Å². The van der Waals surface area contributed by atoms with Crippen LogP contribution in [0, 0.1) is 0 Å². The zero-order valence-electron chi connectivity index (χ0n) is 5.68. The summed E-state index contributed by atoms with van der Waals surface area (Å²) in [5.74, 6) is 0.601. The molecule has 12 heavy (non-hydrogen) atoms. The lowest BCUT2D eigenvalue weighted by molar-refractivity contribution is 0.573. The van der Waals surface area contributed by atoms with Gasteiger partial charge in [0.25, 0.3) is 4.51 Å². The molecule has 1 aromatic rings. The van der Waals surface area contributed by atoms with E-state index in [1.807, 2.05) is 12.1 Å². The smallest absolute Gasteiger partial charge is 0.260 e. The van der Waals surface area contributed by atoms with Gasteiger partial charge in [0.1, 0.15) is 5.75 Å². The predicted octanol–water partition coefficient (Wildman–Crippen LogP) is 4.11. The number of hydrogen-bond acceptors (Lipinski definition) is 2. The van der Waals surface area contributed by atoms with Gasteiger partial charge >= 0.3 is 0 Å². The summed E-state index contributed by atoms with van der Waals surface area (Å²) in [5.41, 5.74) is 0. The van der Waals surface area contributed by atoms with E-state index in [2.05, 4.69) is 44.1 Å². The second-order valence-electron chi connectivity index (χ2n) is 1.91. The molecule has 0 aliphatic rings. The second kappa shape index (κ2) is 4.56. The topological polar surface area (TPSA) is 9.23 Å². The molecule has 0 fully saturated rings. The van der Waals surface area contributed by atoms with Gasteiger partial charge < -0.3 is 4.74 Å². The van der Waals surface area contributed by atoms with E-state index in [1.165, 1.54) is 0 Å². The van der Waals surface area contributed by atoms with Crippen LogP contribution in [0.1, 0.15) is 0 Å². The van der Waals surface area contributed by atoms with E-state index in [1.54, 1.807) is 6.07 Å². The summed E-state index contributed by atoms with van der Waals surface area (Å²) in [6.45, 7) is 0. The first-order valence-corrected chi connectivity index (χ1v) is 5.29. The summed E-state index contributed by atoms with van der Waals surface area (Å²) in [6.07, 6.45) is 0. The average molecular weight is 330 g/mol. The molecule has 0 aromatic heterocycles. The number of hydrogen-bond donors (Lipinski definition) is 0. The lowest BCUT2D eigenvalue weighted by atomic mass is 10.3. The molecular weight excluding hydrogens is 327 g/mol. The molecule has 0 bridgehead atoms. The van der Waals surface area contributed by atoms with E-state index in [9.17, 15) is 0 Å². The molecule has 0 spiro atoms. The fraction of sp³-hybridized carbons (Fsp3) is 0. The Labute approximate surface area is 97.3 Å². The van der Waals surface area contributed by atoms with E-state index in [0.717, 1.165) is 8.95 Å². The molecule has 0 aliphatic carbocycles. The van der Waals surface area contributed by atoms with Gasteiger partial charge in [0.15, 0.2) is 0 Å². The predicted molar refractivity (Wildman–Crippen MR) is 60.9 cm³/mol. The molecule has 0 amide bonds. The van der Waals surface area contributed by atoms with Gasteiger partial charge in [0.2, 0.25) is 0 Å². The maximum Gasteiger partial charge on any atom is 0.260 e. The molecule has 5 heteroatoms. The van der Waals surface area contributed by atoms with Crippen LogP contribution >= 0.6 is 55.7 Å². The average Bonchev–Trinajstić information content (AvgIpc) is 1.96. The highest BCUT2D eigenvalue weighted by Crippen LogP contribution is 2.28. The summed E-state index contributed by atoms with van der Waals surface area (Å²) in [6, 6.07) is 5.50. The Morgan fingerprint density at radius 3 is 2.67 bits per heavy atom. The van der Waals surface area contributed by atoms with Gasteiger partial charge in [-0.25, -0.2) is 0 Å². The Morgan fingerprint density at radius 1 is 1.42 bits per heavy atom. The van der Waals surface area contributed by atoms with Crippen LogP contribution in [0.15, 0.2) is 27.1 Å². The van der Waals surface area contributed by atoms with E-state index >= 15 is 0 Å². The lowest BCUT2D eigenvalue weighted by Crippen LogP contribution is -1.96. The zero-order valence-corrected chi connectivity index (χ0v) is 10.4. The van der Waals surface area contributed by atoms with Gasteiger partial charge in [0.05, 0.1) is 4.47 Å². The minimum Gasteiger partial charge on any atom is -0.435 e. The number of thiocarbonyl (C=S) groups is 1. The largest absolute Gasteiger partial charge is 0.435 e. The van der Waals surface area contributed by atoms with Crippen LogP contribution in [0.4, 0.5) is 0 Å². The Bertz CT molecular complexity index is 316. The minimum atomic E-state index is -0.0196. The summed E-state index contributed by atoms with van der Waals surface area (Å²) in [4.78, 5) is 0. The summed E-state index contributed by atoms with van der Waals surface area (Å²) in [7, 11) is 0. The van der Waals surface area contributed by atoms with Crippen molar-refractivity contribution in [3.05, 3.63) is 27.1 Å². The van der Waals surface area contributed by atoms with Crippen LogP contribution in [0.2, 0.25) is 0 Å². The first kappa shape index (κ1) is 10.4. The Balaban J connectivity index is 2.97. The molecule has 0 saturated heterocycles. The normalized spacial score (nSPS) is 9.58. The molecule has 0 saturated carbocycles. The highest BCUT2D eigenvalue weighted by molar-refractivity contribution is 9.11. The lowest BCUT2D eigenvalue weighted by Gasteiger charge is -2.03. The van der Waals surface area contributed by atoms with Gasteiger partial charge in [-0.15, -0.1) is 0 Å². The molecular formula is C7H3Br2ClOS. The third-order valence-corrected chi connectivity index (χ3v) is 2.39. The molecule has 0 atom stereocenters. The SMILES string of the molecule is S=C(Cl)Oc1cc(Br)ccc1Br. The number of rotatable bonds is 1. The van der Waals surface area contributed by atoms with Crippen LogP contribution in [0.25, 0.3) is 0 Å². The van der Waals surface area contributed by atoms with Gasteiger partial charge in [0, 0.05) is 4.47 Å². The second-order valence-corrected chi connectivity index (χ2v) is 4.62. The van der Waals surface area contributed by atoms with Crippen LogP contribution in [-0.4, -0.2) is 4.51 Å². The highest BCUT2D eigenvalue weighted by atomic mass is 79.9. The Hall–Kier alpha value is 0.360.